The van der Waals surface area contributed by atoms with Crippen LogP contribution in [0.3, 0.4) is 0 Å². The molecule has 1 heterocycles. The SMILES string of the molecule is CNc1cc(C)c[c]([Sn]([CH3])([CH3])[CH3])n1. The number of hydrogen-bond donors (Lipinski definition) is 1. The Labute approximate surface area is 84.6 Å². The van der Waals surface area contributed by atoms with Gasteiger partial charge in [0.2, 0.25) is 0 Å². The van der Waals surface area contributed by atoms with Gasteiger partial charge < -0.3 is 0 Å². The summed E-state index contributed by atoms with van der Waals surface area (Å²) in [6.07, 6.45) is 0. The van der Waals surface area contributed by atoms with Gasteiger partial charge in [0.15, 0.2) is 0 Å². The minimum absolute atomic E-state index is 1.00. The summed E-state index contributed by atoms with van der Waals surface area (Å²) in [5.41, 5.74) is 1.31. The van der Waals surface area contributed by atoms with Gasteiger partial charge in [-0.05, 0) is 0 Å². The molecule has 0 unspecified atom stereocenters. The number of hydrogen-bond acceptors (Lipinski definition) is 2. The molecule has 0 spiro atoms. The van der Waals surface area contributed by atoms with Crippen molar-refractivity contribution in [2.45, 2.75) is 21.7 Å². The van der Waals surface area contributed by atoms with Crippen molar-refractivity contribution in [2.24, 2.45) is 0 Å². The second kappa shape index (κ2) is 3.86. The Morgan fingerprint density at radius 3 is 2.31 bits per heavy atom. The monoisotopic (exact) mass is 286 g/mol. The van der Waals surface area contributed by atoms with Gasteiger partial charge >= 0.3 is 84.7 Å². The molecular formula is C10H18N2Sn. The van der Waals surface area contributed by atoms with Crippen molar-refractivity contribution in [2.75, 3.05) is 12.4 Å². The van der Waals surface area contributed by atoms with E-state index in [1.54, 1.807) is 0 Å². The van der Waals surface area contributed by atoms with Crippen molar-refractivity contribution in [3.05, 3.63) is 17.7 Å². The van der Waals surface area contributed by atoms with E-state index in [2.05, 4.69) is 44.2 Å². The third-order valence-corrected chi connectivity index (χ3v) is 7.11. The van der Waals surface area contributed by atoms with Crippen LogP contribution in [0.5, 0.6) is 0 Å². The molecule has 0 amide bonds. The Balaban J connectivity index is 3.16. The summed E-state index contributed by atoms with van der Waals surface area (Å²) in [6, 6.07) is 4.32. The van der Waals surface area contributed by atoms with Crippen molar-refractivity contribution in [1.29, 1.82) is 0 Å². The third kappa shape index (κ3) is 2.86. The molecule has 0 atom stereocenters. The van der Waals surface area contributed by atoms with E-state index >= 15 is 0 Å². The fourth-order valence-electron chi connectivity index (χ4n) is 1.18. The summed E-state index contributed by atoms with van der Waals surface area (Å²) in [5.74, 6) is 1.00. The van der Waals surface area contributed by atoms with Crippen LogP contribution < -0.4 is 9.03 Å². The summed E-state index contributed by atoms with van der Waals surface area (Å²) in [7, 11) is 1.92. The van der Waals surface area contributed by atoms with E-state index < -0.39 is 18.4 Å². The molecule has 1 N–H and O–H groups in total. The first kappa shape index (κ1) is 10.8. The zero-order valence-corrected chi connectivity index (χ0v) is 12.0. The Bertz CT molecular complexity index is 302. The number of rotatable bonds is 2. The first-order chi connectivity index (χ1) is 5.93. The van der Waals surface area contributed by atoms with Gasteiger partial charge in [-0.25, -0.2) is 0 Å². The molecule has 3 heteroatoms. The van der Waals surface area contributed by atoms with Gasteiger partial charge in [-0.1, -0.05) is 0 Å². The molecule has 0 aliphatic rings. The zero-order valence-electron chi connectivity index (χ0n) is 9.10. The van der Waals surface area contributed by atoms with E-state index in [1.165, 1.54) is 9.27 Å². The second-order valence-electron chi connectivity index (χ2n) is 4.41. The van der Waals surface area contributed by atoms with Crippen molar-refractivity contribution >= 4 is 27.9 Å². The van der Waals surface area contributed by atoms with Crippen LogP contribution in [0.2, 0.25) is 14.8 Å². The summed E-state index contributed by atoms with van der Waals surface area (Å²) in [4.78, 5) is 11.8. The topological polar surface area (TPSA) is 24.9 Å². The van der Waals surface area contributed by atoms with E-state index in [0.29, 0.717) is 0 Å². The predicted octanol–water partition coefficient (Wildman–Crippen LogP) is 1.98. The van der Waals surface area contributed by atoms with E-state index in [1.807, 2.05) is 7.05 Å². The Hall–Kier alpha value is -0.251. The molecule has 1 aromatic rings. The average Bonchev–Trinajstić information content (AvgIpc) is 2.01. The van der Waals surface area contributed by atoms with Gasteiger partial charge in [0.25, 0.3) is 0 Å². The zero-order chi connectivity index (χ0) is 10.1. The summed E-state index contributed by atoms with van der Waals surface area (Å²) in [6.45, 7) is 2.13. The van der Waals surface area contributed by atoms with Gasteiger partial charge in [-0.2, -0.15) is 0 Å². The molecule has 0 aliphatic carbocycles. The number of nitrogens with zero attached hydrogens (tertiary/aromatic N) is 1. The molecule has 1 rings (SSSR count). The summed E-state index contributed by atoms with van der Waals surface area (Å²) >= 11 is -1.97. The van der Waals surface area contributed by atoms with E-state index in [9.17, 15) is 0 Å². The van der Waals surface area contributed by atoms with Crippen LogP contribution in [-0.4, -0.2) is 30.4 Å². The van der Waals surface area contributed by atoms with Crippen molar-refractivity contribution < 1.29 is 0 Å². The minimum atomic E-state index is -1.97. The maximum absolute atomic E-state index is 4.61. The molecular weight excluding hydrogens is 267 g/mol. The van der Waals surface area contributed by atoms with E-state index in [0.717, 1.165) is 5.82 Å². The molecule has 0 aliphatic heterocycles. The number of nitrogens with one attached hydrogen (secondary N) is 1. The molecule has 0 aromatic carbocycles. The van der Waals surface area contributed by atoms with Crippen LogP contribution in [0.15, 0.2) is 12.1 Å². The fraction of sp³-hybridized carbons (Fsp3) is 0.500. The standard InChI is InChI=1S/C7H9N2.3CH3.Sn/c1-6-3-4-9-7(5-6)8-2;;;;/h3,5H,1-2H3,(H,8,9);3*1H3;. The van der Waals surface area contributed by atoms with Crippen LogP contribution in [-0.2, 0) is 0 Å². The number of anilines is 1. The molecule has 13 heavy (non-hydrogen) atoms. The first-order valence-corrected chi connectivity index (χ1v) is 14.6. The van der Waals surface area contributed by atoms with Crippen molar-refractivity contribution in [3.8, 4) is 0 Å². The normalized spacial score (nSPS) is 11.5. The first-order valence-electron chi connectivity index (χ1n) is 4.60. The molecule has 0 fully saturated rings. The molecule has 1 aromatic heterocycles. The molecule has 2 nitrogen and oxygen atoms in total. The quantitative estimate of drug-likeness (QED) is 0.840. The molecule has 0 saturated carbocycles. The number of pyridine rings is 1. The Kier molecular flexibility index (Phi) is 3.22. The number of aromatic nitrogens is 1. The summed E-state index contributed by atoms with van der Waals surface area (Å²) in [5, 5.41) is 3.10. The van der Waals surface area contributed by atoms with Gasteiger partial charge in [0, 0.05) is 0 Å². The van der Waals surface area contributed by atoms with Crippen LogP contribution in [0, 0.1) is 6.92 Å². The maximum atomic E-state index is 4.61. The van der Waals surface area contributed by atoms with Crippen LogP contribution in [0.4, 0.5) is 5.82 Å². The van der Waals surface area contributed by atoms with Crippen molar-refractivity contribution in [3.63, 3.8) is 0 Å². The second-order valence-corrected chi connectivity index (χ2v) is 18.7. The van der Waals surface area contributed by atoms with Gasteiger partial charge in [0.1, 0.15) is 0 Å². The molecule has 72 valence electrons. The van der Waals surface area contributed by atoms with Crippen LogP contribution in [0.1, 0.15) is 5.56 Å². The molecule has 0 saturated heterocycles. The van der Waals surface area contributed by atoms with Crippen molar-refractivity contribution in [1.82, 2.24) is 4.98 Å². The van der Waals surface area contributed by atoms with Gasteiger partial charge in [0.05, 0.1) is 0 Å². The van der Waals surface area contributed by atoms with E-state index in [-0.39, 0.29) is 0 Å². The molecule has 0 bridgehead atoms. The van der Waals surface area contributed by atoms with Crippen LogP contribution in [0.25, 0.3) is 0 Å². The van der Waals surface area contributed by atoms with Gasteiger partial charge in [-0.15, -0.1) is 0 Å². The van der Waals surface area contributed by atoms with Gasteiger partial charge in [-0.3, -0.25) is 0 Å². The third-order valence-electron chi connectivity index (χ3n) is 1.99. The number of aryl methyl sites for hydroxylation is 1. The Morgan fingerprint density at radius 2 is 1.85 bits per heavy atom. The summed E-state index contributed by atoms with van der Waals surface area (Å²) < 4.78 is 1.35. The van der Waals surface area contributed by atoms with E-state index in [4.69, 9.17) is 0 Å². The average molecular weight is 285 g/mol. The van der Waals surface area contributed by atoms with Crippen LogP contribution >= 0.6 is 0 Å². The molecule has 0 radical (unpaired) electrons. The Morgan fingerprint density at radius 1 is 1.23 bits per heavy atom. The fourth-order valence-corrected chi connectivity index (χ4v) is 4.37. The predicted molar refractivity (Wildman–Crippen MR) is 61.5 cm³/mol.